The van der Waals surface area contributed by atoms with E-state index < -0.39 is 5.91 Å². The van der Waals surface area contributed by atoms with Gasteiger partial charge in [-0.15, -0.1) is 0 Å². The van der Waals surface area contributed by atoms with Gasteiger partial charge in [-0.1, -0.05) is 42.5 Å². The van der Waals surface area contributed by atoms with Crippen LogP contribution in [0.4, 0.5) is 5.82 Å². The fraction of sp³-hybridized carbons (Fsp3) is 0.0588. The molecule has 3 rings (SSSR count). The molecule has 0 aliphatic rings. The maximum Gasteiger partial charge on any atom is 0.252 e. The number of carbonyl (C=O) groups excluding carboxylic acids is 1. The molecule has 1 heterocycles. The van der Waals surface area contributed by atoms with Crippen LogP contribution in [-0.4, -0.2) is 10.9 Å². The van der Waals surface area contributed by atoms with E-state index in [0.717, 1.165) is 5.56 Å². The Hall–Kier alpha value is -2.88. The van der Waals surface area contributed by atoms with Crippen molar-refractivity contribution in [2.24, 2.45) is 5.73 Å². The molecule has 21 heavy (non-hydrogen) atoms. The first-order valence-corrected chi connectivity index (χ1v) is 6.71. The smallest absolute Gasteiger partial charge is 0.252 e. The summed E-state index contributed by atoms with van der Waals surface area (Å²) in [5.74, 6) is 0.0291. The zero-order valence-corrected chi connectivity index (χ0v) is 11.4. The number of amides is 1. The summed E-state index contributed by atoms with van der Waals surface area (Å²) in [6, 6.07) is 17.7. The maximum atomic E-state index is 11.4. The number of nitrogens with zero attached hydrogens (tertiary/aromatic N) is 1. The van der Waals surface area contributed by atoms with E-state index in [4.69, 9.17) is 5.73 Å². The number of aromatic nitrogens is 1. The minimum atomic E-state index is -0.483. The van der Waals surface area contributed by atoms with Crippen LogP contribution in [0.25, 0.3) is 10.8 Å². The van der Waals surface area contributed by atoms with Crippen LogP contribution in [0.2, 0.25) is 0 Å². The first-order valence-electron chi connectivity index (χ1n) is 6.71. The lowest BCUT2D eigenvalue weighted by molar-refractivity contribution is 0.100. The van der Waals surface area contributed by atoms with Gasteiger partial charge in [0.05, 0.1) is 5.56 Å². The van der Waals surface area contributed by atoms with Gasteiger partial charge in [0.25, 0.3) is 5.91 Å². The molecule has 0 saturated heterocycles. The van der Waals surface area contributed by atoms with Crippen molar-refractivity contribution in [2.45, 2.75) is 6.54 Å². The Labute approximate surface area is 122 Å². The number of hydrogen-bond acceptors (Lipinski definition) is 3. The molecule has 0 unspecified atom stereocenters. The second-order valence-corrected chi connectivity index (χ2v) is 4.76. The van der Waals surface area contributed by atoms with Gasteiger partial charge in [-0.05, 0) is 28.5 Å². The largest absolute Gasteiger partial charge is 0.365 e. The van der Waals surface area contributed by atoms with E-state index in [1.165, 1.54) is 10.8 Å². The highest BCUT2D eigenvalue weighted by Crippen LogP contribution is 2.20. The molecule has 104 valence electrons. The summed E-state index contributed by atoms with van der Waals surface area (Å²) >= 11 is 0. The number of benzene rings is 2. The lowest BCUT2D eigenvalue weighted by atomic mass is 10.0. The van der Waals surface area contributed by atoms with Gasteiger partial charge in [0.15, 0.2) is 0 Å². The van der Waals surface area contributed by atoms with E-state index in [-0.39, 0.29) is 0 Å². The quantitative estimate of drug-likeness (QED) is 0.770. The highest BCUT2D eigenvalue weighted by Gasteiger charge is 2.08. The molecule has 0 atom stereocenters. The monoisotopic (exact) mass is 277 g/mol. The third kappa shape index (κ3) is 2.69. The summed E-state index contributed by atoms with van der Waals surface area (Å²) in [4.78, 5) is 15.6. The Morgan fingerprint density at radius 1 is 1.05 bits per heavy atom. The predicted molar refractivity (Wildman–Crippen MR) is 84.0 cm³/mol. The van der Waals surface area contributed by atoms with E-state index in [1.54, 1.807) is 18.3 Å². The summed E-state index contributed by atoms with van der Waals surface area (Å²) < 4.78 is 0. The van der Waals surface area contributed by atoms with E-state index >= 15 is 0 Å². The lowest BCUT2D eigenvalue weighted by Crippen LogP contribution is -2.15. The number of anilines is 1. The van der Waals surface area contributed by atoms with Crippen LogP contribution in [0.5, 0.6) is 0 Å². The van der Waals surface area contributed by atoms with Crippen molar-refractivity contribution >= 4 is 22.5 Å². The maximum absolute atomic E-state index is 11.4. The number of pyridine rings is 1. The van der Waals surface area contributed by atoms with Crippen molar-refractivity contribution < 1.29 is 4.79 Å². The summed E-state index contributed by atoms with van der Waals surface area (Å²) in [5, 5.41) is 5.56. The Kier molecular flexibility index (Phi) is 3.51. The minimum absolute atomic E-state index is 0.401. The topological polar surface area (TPSA) is 68.0 Å². The van der Waals surface area contributed by atoms with E-state index in [9.17, 15) is 4.79 Å². The first-order chi connectivity index (χ1) is 10.3. The molecule has 1 amide bonds. The molecule has 2 aromatic carbocycles. The van der Waals surface area contributed by atoms with Gasteiger partial charge < -0.3 is 11.1 Å². The molecule has 3 aromatic rings. The fourth-order valence-corrected chi connectivity index (χ4v) is 2.37. The van der Waals surface area contributed by atoms with Crippen LogP contribution in [0.3, 0.4) is 0 Å². The lowest BCUT2D eigenvalue weighted by Gasteiger charge is -2.10. The molecule has 0 radical (unpaired) electrons. The minimum Gasteiger partial charge on any atom is -0.365 e. The number of fused-ring (bicyclic) bond motifs is 1. The summed E-state index contributed by atoms with van der Waals surface area (Å²) in [6.07, 6.45) is 1.64. The average Bonchev–Trinajstić information content (AvgIpc) is 2.53. The van der Waals surface area contributed by atoms with E-state index in [1.807, 2.05) is 18.2 Å². The Morgan fingerprint density at radius 2 is 1.86 bits per heavy atom. The van der Waals surface area contributed by atoms with Gasteiger partial charge in [-0.25, -0.2) is 4.98 Å². The molecule has 1 aromatic heterocycles. The van der Waals surface area contributed by atoms with Crippen LogP contribution in [-0.2, 0) is 6.54 Å². The predicted octanol–water partition coefficient (Wildman–Crippen LogP) is 2.95. The zero-order valence-electron chi connectivity index (χ0n) is 11.4. The molecule has 4 heteroatoms. The normalized spacial score (nSPS) is 10.5. The fourth-order valence-electron chi connectivity index (χ4n) is 2.37. The molecule has 4 nitrogen and oxygen atoms in total. The number of hydrogen-bond donors (Lipinski definition) is 2. The van der Waals surface area contributed by atoms with Crippen molar-refractivity contribution in [3.05, 3.63) is 71.9 Å². The molecule has 0 bridgehead atoms. The SMILES string of the molecule is NC(=O)c1cccnc1NCc1cccc2ccccc12. The summed E-state index contributed by atoms with van der Waals surface area (Å²) in [7, 11) is 0. The first kappa shape index (κ1) is 13.1. The molecule has 0 saturated carbocycles. The van der Waals surface area contributed by atoms with Crippen molar-refractivity contribution in [2.75, 3.05) is 5.32 Å². The van der Waals surface area contributed by atoms with Crippen LogP contribution >= 0.6 is 0 Å². The number of nitrogens with two attached hydrogens (primary N) is 1. The van der Waals surface area contributed by atoms with Gasteiger partial charge in [0, 0.05) is 12.7 Å². The molecule has 0 spiro atoms. The van der Waals surface area contributed by atoms with Crippen LogP contribution < -0.4 is 11.1 Å². The Morgan fingerprint density at radius 3 is 2.71 bits per heavy atom. The molecular weight excluding hydrogens is 262 g/mol. The second kappa shape index (κ2) is 5.63. The molecule has 0 aliphatic heterocycles. The highest BCUT2D eigenvalue weighted by molar-refractivity contribution is 5.97. The Balaban J connectivity index is 1.89. The summed E-state index contributed by atoms with van der Waals surface area (Å²) in [5.41, 5.74) is 6.90. The van der Waals surface area contributed by atoms with Gasteiger partial charge in [-0.3, -0.25) is 4.79 Å². The third-order valence-corrected chi connectivity index (χ3v) is 3.40. The van der Waals surface area contributed by atoms with Crippen molar-refractivity contribution in [1.82, 2.24) is 4.98 Å². The van der Waals surface area contributed by atoms with E-state index in [2.05, 4.69) is 34.6 Å². The summed E-state index contributed by atoms with van der Waals surface area (Å²) in [6.45, 7) is 0.582. The van der Waals surface area contributed by atoms with Gasteiger partial charge in [0.1, 0.15) is 5.82 Å². The standard InChI is InChI=1S/C17H15N3O/c18-16(21)15-9-4-10-19-17(15)20-11-13-7-3-6-12-5-1-2-8-14(12)13/h1-10H,11H2,(H2,18,21)(H,19,20). The number of primary amides is 1. The van der Waals surface area contributed by atoms with Gasteiger partial charge in [-0.2, -0.15) is 0 Å². The molecular formula is C17H15N3O. The number of rotatable bonds is 4. The zero-order chi connectivity index (χ0) is 14.7. The third-order valence-electron chi connectivity index (χ3n) is 3.40. The average molecular weight is 277 g/mol. The highest BCUT2D eigenvalue weighted by atomic mass is 16.1. The number of nitrogens with one attached hydrogen (secondary N) is 1. The molecule has 3 N–H and O–H groups in total. The Bertz CT molecular complexity index is 793. The van der Waals surface area contributed by atoms with Crippen LogP contribution in [0, 0.1) is 0 Å². The van der Waals surface area contributed by atoms with Gasteiger partial charge >= 0.3 is 0 Å². The van der Waals surface area contributed by atoms with Crippen LogP contribution in [0.15, 0.2) is 60.8 Å². The number of carbonyl (C=O) groups is 1. The van der Waals surface area contributed by atoms with E-state index in [0.29, 0.717) is 17.9 Å². The van der Waals surface area contributed by atoms with Gasteiger partial charge in [0.2, 0.25) is 0 Å². The molecule has 0 fully saturated rings. The van der Waals surface area contributed by atoms with Crippen molar-refractivity contribution in [3.8, 4) is 0 Å². The van der Waals surface area contributed by atoms with Crippen LogP contribution in [0.1, 0.15) is 15.9 Å². The van der Waals surface area contributed by atoms with Crippen molar-refractivity contribution in [3.63, 3.8) is 0 Å². The molecule has 0 aliphatic carbocycles. The van der Waals surface area contributed by atoms with Crippen molar-refractivity contribution in [1.29, 1.82) is 0 Å². The second-order valence-electron chi connectivity index (χ2n) is 4.76.